The van der Waals surface area contributed by atoms with E-state index in [2.05, 4.69) is 15.2 Å². The first-order chi connectivity index (χ1) is 9.29. The standard InChI is InChI=1S/C14H16N4O/c19-14(16-12-8-17-5-3-10(12)7-17)13-9-18-4-1-2-11(18)6-15-13/h1-2,4,6,9-10,12H,3,5,7-8H2,(H,16,19). The second-order valence-corrected chi connectivity index (χ2v) is 5.50. The molecule has 2 aliphatic rings. The molecule has 0 spiro atoms. The van der Waals surface area contributed by atoms with E-state index in [0.717, 1.165) is 18.6 Å². The normalized spacial score (nSPS) is 28.9. The van der Waals surface area contributed by atoms with E-state index in [-0.39, 0.29) is 5.91 Å². The average molecular weight is 256 g/mol. The van der Waals surface area contributed by atoms with Crippen molar-refractivity contribution in [2.75, 3.05) is 19.6 Å². The van der Waals surface area contributed by atoms with Crippen LogP contribution >= 0.6 is 0 Å². The average Bonchev–Trinajstić information content (AvgIpc) is 3.13. The second kappa shape index (κ2) is 4.06. The van der Waals surface area contributed by atoms with Gasteiger partial charge in [-0.15, -0.1) is 0 Å². The van der Waals surface area contributed by atoms with Crippen LogP contribution in [0.5, 0.6) is 0 Å². The number of nitrogens with zero attached hydrogens (tertiary/aromatic N) is 3. The van der Waals surface area contributed by atoms with Gasteiger partial charge in [-0.1, -0.05) is 0 Å². The van der Waals surface area contributed by atoms with Crippen molar-refractivity contribution < 1.29 is 4.79 Å². The van der Waals surface area contributed by atoms with Crippen molar-refractivity contribution in [3.8, 4) is 0 Å². The lowest BCUT2D eigenvalue weighted by molar-refractivity contribution is 0.0919. The number of fused-ring (bicyclic) bond motifs is 3. The molecule has 3 atom stereocenters. The van der Waals surface area contributed by atoms with E-state index in [9.17, 15) is 4.79 Å². The lowest BCUT2D eigenvalue weighted by Crippen LogP contribution is -2.43. The third-order valence-electron chi connectivity index (χ3n) is 4.29. The van der Waals surface area contributed by atoms with E-state index in [0.29, 0.717) is 17.7 Å². The number of carbonyl (C=O) groups is 1. The molecule has 19 heavy (non-hydrogen) atoms. The Kier molecular flexibility index (Phi) is 2.35. The summed E-state index contributed by atoms with van der Waals surface area (Å²) in [6, 6.07) is 4.21. The molecular formula is C14H16N4O. The van der Waals surface area contributed by atoms with Gasteiger partial charge in [0.05, 0.1) is 11.7 Å². The lowest BCUT2D eigenvalue weighted by atomic mass is 10.00. The molecule has 4 rings (SSSR count). The second-order valence-electron chi connectivity index (χ2n) is 5.50. The molecule has 0 saturated carbocycles. The van der Waals surface area contributed by atoms with Crippen molar-refractivity contribution >= 4 is 11.4 Å². The van der Waals surface area contributed by atoms with Crippen molar-refractivity contribution in [2.24, 2.45) is 5.92 Å². The van der Waals surface area contributed by atoms with Gasteiger partial charge in [0.25, 0.3) is 5.91 Å². The molecule has 0 radical (unpaired) electrons. The zero-order chi connectivity index (χ0) is 12.8. The molecule has 2 aromatic rings. The first kappa shape index (κ1) is 11.0. The van der Waals surface area contributed by atoms with Crippen LogP contribution < -0.4 is 5.32 Å². The largest absolute Gasteiger partial charge is 0.346 e. The molecule has 2 aromatic heterocycles. The highest BCUT2D eigenvalue weighted by molar-refractivity contribution is 5.92. The summed E-state index contributed by atoms with van der Waals surface area (Å²) < 4.78 is 1.92. The quantitative estimate of drug-likeness (QED) is 0.863. The van der Waals surface area contributed by atoms with Gasteiger partial charge >= 0.3 is 0 Å². The van der Waals surface area contributed by atoms with Gasteiger partial charge in [-0.3, -0.25) is 4.79 Å². The summed E-state index contributed by atoms with van der Waals surface area (Å²) in [5, 5.41) is 3.13. The van der Waals surface area contributed by atoms with Crippen molar-refractivity contribution in [2.45, 2.75) is 12.5 Å². The molecule has 4 heterocycles. The minimum Gasteiger partial charge on any atom is -0.346 e. The summed E-state index contributed by atoms with van der Waals surface area (Å²) >= 11 is 0. The molecule has 98 valence electrons. The Labute approximate surface area is 111 Å². The number of amides is 1. The molecule has 5 nitrogen and oxygen atoms in total. The van der Waals surface area contributed by atoms with Crippen LogP contribution in [-0.4, -0.2) is 45.9 Å². The van der Waals surface area contributed by atoms with Gasteiger partial charge in [0.2, 0.25) is 0 Å². The predicted molar refractivity (Wildman–Crippen MR) is 71.0 cm³/mol. The number of hydrogen-bond acceptors (Lipinski definition) is 3. The van der Waals surface area contributed by atoms with Gasteiger partial charge in [0, 0.05) is 31.5 Å². The fourth-order valence-electron chi connectivity index (χ4n) is 3.24. The molecule has 3 unspecified atom stereocenters. The van der Waals surface area contributed by atoms with Crippen LogP contribution in [0.4, 0.5) is 0 Å². The van der Waals surface area contributed by atoms with Gasteiger partial charge in [-0.2, -0.15) is 0 Å². The minimum atomic E-state index is -0.0608. The van der Waals surface area contributed by atoms with E-state index in [1.807, 2.05) is 22.7 Å². The third-order valence-corrected chi connectivity index (χ3v) is 4.29. The van der Waals surface area contributed by atoms with E-state index in [1.54, 1.807) is 12.4 Å². The maximum atomic E-state index is 12.2. The first-order valence-electron chi connectivity index (χ1n) is 6.75. The molecule has 0 aliphatic carbocycles. The Morgan fingerprint density at radius 1 is 1.42 bits per heavy atom. The molecular weight excluding hydrogens is 240 g/mol. The maximum Gasteiger partial charge on any atom is 0.271 e. The van der Waals surface area contributed by atoms with E-state index in [4.69, 9.17) is 0 Å². The van der Waals surface area contributed by atoms with Crippen LogP contribution in [-0.2, 0) is 0 Å². The zero-order valence-electron chi connectivity index (χ0n) is 10.6. The van der Waals surface area contributed by atoms with Gasteiger partial charge in [-0.05, 0) is 31.0 Å². The van der Waals surface area contributed by atoms with Crippen LogP contribution in [0.1, 0.15) is 16.9 Å². The van der Waals surface area contributed by atoms with E-state index < -0.39 is 0 Å². The van der Waals surface area contributed by atoms with Gasteiger partial charge < -0.3 is 14.6 Å². The van der Waals surface area contributed by atoms with Gasteiger partial charge in [0.1, 0.15) is 5.69 Å². The first-order valence-corrected chi connectivity index (χ1v) is 6.75. The van der Waals surface area contributed by atoms with Gasteiger partial charge in [-0.25, -0.2) is 4.98 Å². The molecule has 1 N–H and O–H groups in total. The predicted octanol–water partition coefficient (Wildman–Crippen LogP) is 0.768. The summed E-state index contributed by atoms with van der Waals surface area (Å²) in [6.07, 6.45) is 6.66. The van der Waals surface area contributed by atoms with Crippen LogP contribution in [0, 0.1) is 5.92 Å². The van der Waals surface area contributed by atoms with E-state index >= 15 is 0 Å². The van der Waals surface area contributed by atoms with Crippen molar-refractivity contribution in [3.05, 3.63) is 36.4 Å². The topological polar surface area (TPSA) is 49.6 Å². The van der Waals surface area contributed by atoms with Crippen LogP contribution in [0.3, 0.4) is 0 Å². The highest BCUT2D eigenvalue weighted by Gasteiger charge is 2.38. The summed E-state index contributed by atoms with van der Waals surface area (Å²) in [5.74, 6) is 0.564. The maximum absolute atomic E-state index is 12.2. The molecule has 0 aromatic carbocycles. The summed E-state index contributed by atoms with van der Waals surface area (Å²) in [5.41, 5.74) is 1.49. The Bertz CT molecular complexity index is 635. The van der Waals surface area contributed by atoms with E-state index in [1.165, 1.54) is 13.0 Å². The Hall–Kier alpha value is -1.88. The fourth-order valence-corrected chi connectivity index (χ4v) is 3.24. The smallest absolute Gasteiger partial charge is 0.271 e. The number of carbonyl (C=O) groups excluding carboxylic acids is 1. The van der Waals surface area contributed by atoms with Crippen molar-refractivity contribution in [1.82, 2.24) is 19.6 Å². The molecule has 2 bridgehead atoms. The minimum absolute atomic E-state index is 0.0608. The Balaban J connectivity index is 1.53. The van der Waals surface area contributed by atoms with Crippen molar-refractivity contribution in [1.29, 1.82) is 0 Å². The number of piperidine rings is 1. The highest BCUT2D eigenvalue weighted by atomic mass is 16.2. The number of aromatic nitrogens is 2. The molecule has 2 aliphatic heterocycles. The number of rotatable bonds is 2. The molecule has 5 heteroatoms. The number of hydrogen-bond donors (Lipinski definition) is 1. The highest BCUT2D eigenvalue weighted by Crippen LogP contribution is 2.27. The Morgan fingerprint density at radius 3 is 3.16 bits per heavy atom. The Morgan fingerprint density at radius 2 is 2.37 bits per heavy atom. The van der Waals surface area contributed by atoms with Crippen LogP contribution in [0.2, 0.25) is 0 Å². The van der Waals surface area contributed by atoms with Crippen LogP contribution in [0.15, 0.2) is 30.7 Å². The van der Waals surface area contributed by atoms with Crippen molar-refractivity contribution in [3.63, 3.8) is 0 Å². The zero-order valence-corrected chi connectivity index (χ0v) is 10.6. The third kappa shape index (κ3) is 1.81. The summed E-state index contributed by atoms with van der Waals surface area (Å²) in [7, 11) is 0. The summed E-state index contributed by atoms with van der Waals surface area (Å²) in [6.45, 7) is 3.31. The monoisotopic (exact) mass is 256 g/mol. The summed E-state index contributed by atoms with van der Waals surface area (Å²) in [4.78, 5) is 18.9. The fraction of sp³-hybridized carbons (Fsp3) is 0.429. The number of nitrogens with one attached hydrogen (secondary N) is 1. The van der Waals surface area contributed by atoms with Crippen LogP contribution in [0.25, 0.3) is 5.52 Å². The molecule has 2 fully saturated rings. The molecule has 2 saturated heterocycles. The lowest BCUT2D eigenvalue weighted by Gasteiger charge is -2.22. The molecule has 1 amide bonds. The van der Waals surface area contributed by atoms with Gasteiger partial charge in [0.15, 0.2) is 0 Å². The SMILES string of the molecule is O=C(NC1CN2CCC1C2)c1cn2cccc2cn1.